The van der Waals surface area contributed by atoms with E-state index in [0.717, 1.165) is 31.2 Å². The molecule has 0 unspecified atom stereocenters. The summed E-state index contributed by atoms with van der Waals surface area (Å²) in [7, 11) is -3.14. The van der Waals surface area contributed by atoms with Crippen molar-refractivity contribution < 1.29 is 8.42 Å². The van der Waals surface area contributed by atoms with Crippen molar-refractivity contribution in [2.75, 3.05) is 5.75 Å². The van der Waals surface area contributed by atoms with Crippen LogP contribution in [0.1, 0.15) is 31.2 Å². The number of sulfone groups is 1. The van der Waals surface area contributed by atoms with E-state index in [2.05, 4.69) is 0 Å². The zero-order chi connectivity index (χ0) is 13.2. The van der Waals surface area contributed by atoms with Crippen LogP contribution in [0.2, 0.25) is 0 Å². The highest BCUT2D eigenvalue weighted by Gasteiger charge is 2.25. The van der Waals surface area contributed by atoms with Gasteiger partial charge in [0.25, 0.3) is 0 Å². The van der Waals surface area contributed by atoms with Crippen molar-refractivity contribution in [3.8, 4) is 0 Å². The minimum Gasteiger partial charge on any atom is -0.328 e. The molecule has 2 N–H and O–H groups in total. The molecule has 1 fully saturated rings. The average Bonchev–Trinajstić information content (AvgIpc) is 2.32. The van der Waals surface area contributed by atoms with Crippen molar-refractivity contribution in [1.29, 1.82) is 0 Å². The van der Waals surface area contributed by atoms with Crippen LogP contribution < -0.4 is 5.73 Å². The number of hydrogen-bond acceptors (Lipinski definition) is 3. The molecule has 0 radical (unpaired) electrons. The van der Waals surface area contributed by atoms with Crippen LogP contribution in [0.15, 0.2) is 29.2 Å². The van der Waals surface area contributed by atoms with Gasteiger partial charge in [0.15, 0.2) is 9.84 Å². The Morgan fingerprint density at radius 1 is 1.22 bits per heavy atom. The molecule has 1 aromatic rings. The van der Waals surface area contributed by atoms with Gasteiger partial charge in [-0.2, -0.15) is 0 Å². The fourth-order valence-corrected chi connectivity index (χ4v) is 4.37. The van der Waals surface area contributed by atoms with Gasteiger partial charge < -0.3 is 5.73 Å². The summed E-state index contributed by atoms with van der Waals surface area (Å²) >= 11 is 0. The predicted octanol–water partition coefficient (Wildman–Crippen LogP) is 2.29. The van der Waals surface area contributed by atoms with Gasteiger partial charge in [-0.15, -0.1) is 0 Å². The number of nitrogens with two attached hydrogens (primary N) is 1. The van der Waals surface area contributed by atoms with Crippen LogP contribution >= 0.6 is 0 Å². The van der Waals surface area contributed by atoms with E-state index in [9.17, 15) is 8.42 Å². The molecule has 0 heterocycles. The van der Waals surface area contributed by atoms with Crippen molar-refractivity contribution in [1.82, 2.24) is 0 Å². The van der Waals surface area contributed by atoms with E-state index < -0.39 is 9.84 Å². The highest BCUT2D eigenvalue weighted by Crippen LogP contribution is 2.26. The maximum atomic E-state index is 12.3. The minimum atomic E-state index is -3.14. The summed E-state index contributed by atoms with van der Waals surface area (Å²) in [6, 6.07) is 7.43. The molecule has 1 saturated carbocycles. The van der Waals surface area contributed by atoms with Crippen LogP contribution in [0, 0.1) is 12.8 Å². The highest BCUT2D eigenvalue weighted by atomic mass is 32.2. The van der Waals surface area contributed by atoms with Crippen molar-refractivity contribution in [2.45, 2.75) is 43.5 Å². The summed E-state index contributed by atoms with van der Waals surface area (Å²) in [5.74, 6) is 0.540. The second kappa shape index (κ2) is 5.41. The number of benzene rings is 1. The molecule has 0 saturated heterocycles. The molecule has 100 valence electrons. The second-order valence-corrected chi connectivity index (χ2v) is 7.41. The highest BCUT2D eigenvalue weighted by molar-refractivity contribution is 7.91. The third-order valence-corrected chi connectivity index (χ3v) is 5.58. The molecule has 4 heteroatoms. The maximum Gasteiger partial charge on any atom is 0.178 e. The Balaban J connectivity index is 2.08. The summed E-state index contributed by atoms with van der Waals surface area (Å²) in [6.07, 6.45) is 3.78. The summed E-state index contributed by atoms with van der Waals surface area (Å²) in [6.45, 7) is 1.92. The predicted molar refractivity (Wildman–Crippen MR) is 73.2 cm³/mol. The Morgan fingerprint density at radius 3 is 2.50 bits per heavy atom. The third kappa shape index (κ3) is 3.33. The fraction of sp³-hybridized carbons (Fsp3) is 0.571. The second-order valence-electron chi connectivity index (χ2n) is 5.38. The van der Waals surface area contributed by atoms with Crippen LogP contribution in [-0.4, -0.2) is 20.2 Å². The van der Waals surface area contributed by atoms with Crippen LogP contribution in [0.4, 0.5) is 0 Å². The van der Waals surface area contributed by atoms with E-state index in [1.165, 1.54) is 0 Å². The number of aryl methyl sites for hydroxylation is 1. The third-order valence-electron chi connectivity index (χ3n) is 3.70. The normalized spacial score (nSPS) is 25.0. The summed E-state index contributed by atoms with van der Waals surface area (Å²) < 4.78 is 24.6. The van der Waals surface area contributed by atoms with Gasteiger partial charge in [-0.05, 0) is 56.2 Å². The van der Waals surface area contributed by atoms with Gasteiger partial charge in [0.05, 0.1) is 10.6 Å². The number of hydrogen-bond donors (Lipinski definition) is 1. The first-order valence-electron chi connectivity index (χ1n) is 6.52. The van der Waals surface area contributed by atoms with Crippen LogP contribution in [0.5, 0.6) is 0 Å². The van der Waals surface area contributed by atoms with Crippen molar-refractivity contribution in [2.24, 2.45) is 11.7 Å². The van der Waals surface area contributed by atoms with E-state index in [1.54, 1.807) is 18.2 Å². The summed E-state index contributed by atoms with van der Waals surface area (Å²) in [5, 5.41) is 0. The minimum absolute atomic E-state index is 0.267. The van der Waals surface area contributed by atoms with Gasteiger partial charge in [0, 0.05) is 6.04 Å². The molecule has 1 aliphatic carbocycles. The van der Waals surface area contributed by atoms with E-state index >= 15 is 0 Å². The quantitative estimate of drug-likeness (QED) is 0.914. The smallest absolute Gasteiger partial charge is 0.178 e. The van der Waals surface area contributed by atoms with Crippen LogP contribution in [-0.2, 0) is 9.84 Å². The van der Waals surface area contributed by atoms with E-state index in [0.29, 0.717) is 4.90 Å². The van der Waals surface area contributed by atoms with Gasteiger partial charge in [-0.3, -0.25) is 0 Å². The molecule has 0 amide bonds. The molecular formula is C14H21NO2S. The monoisotopic (exact) mass is 267 g/mol. The van der Waals surface area contributed by atoms with Crippen molar-refractivity contribution in [3.05, 3.63) is 29.8 Å². The van der Waals surface area contributed by atoms with Crippen LogP contribution in [0.25, 0.3) is 0 Å². The molecule has 18 heavy (non-hydrogen) atoms. The van der Waals surface area contributed by atoms with Gasteiger partial charge in [0.2, 0.25) is 0 Å². The Bertz CT molecular complexity index is 502. The lowest BCUT2D eigenvalue weighted by Crippen LogP contribution is -2.29. The van der Waals surface area contributed by atoms with Gasteiger partial charge in [0.1, 0.15) is 0 Å². The largest absolute Gasteiger partial charge is 0.328 e. The zero-order valence-corrected chi connectivity index (χ0v) is 11.6. The molecule has 1 aliphatic rings. The molecule has 0 atom stereocenters. The molecule has 0 bridgehead atoms. The van der Waals surface area contributed by atoms with Gasteiger partial charge in [-0.1, -0.05) is 12.1 Å². The molecule has 2 rings (SSSR count). The van der Waals surface area contributed by atoms with Crippen LogP contribution in [0.3, 0.4) is 0 Å². The lowest BCUT2D eigenvalue weighted by Gasteiger charge is -2.25. The average molecular weight is 267 g/mol. The first kappa shape index (κ1) is 13.6. The van der Waals surface area contributed by atoms with Crippen molar-refractivity contribution in [3.63, 3.8) is 0 Å². The lowest BCUT2D eigenvalue weighted by atomic mass is 9.88. The van der Waals surface area contributed by atoms with Gasteiger partial charge in [-0.25, -0.2) is 8.42 Å². The summed E-state index contributed by atoms with van der Waals surface area (Å²) in [5.41, 5.74) is 6.83. The van der Waals surface area contributed by atoms with E-state index in [1.807, 2.05) is 13.0 Å². The Morgan fingerprint density at radius 2 is 1.89 bits per heavy atom. The Hall–Kier alpha value is -0.870. The number of rotatable bonds is 3. The standard InChI is InChI=1S/C14H21NO2S/c1-11-3-2-4-14(9-11)18(16,17)10-12-5-7-13(15)8-6-12/h2-4,9,12-13H,5-8,10,15H2,1H3/t12-,13+. The molecule has 0 spiro atoms. The van der Waals surface area contributed by atoms with E-state index in [-0.39, 0.29) is 17.7 Å². The zero-order valence-electron chi connectivity index (χ0n) is 10.8. The topological polar surface area (TPSA) is 60.2 Å². The Kier molecular flexibility index (Phi) is 4.07. The molecule has 3 nitrogen and oxygen atoms in total. The molecule has 1 aromatic carbocycles. The molecular weight excluding hydrogens is 246 g/mol. The van der Waals surface area contributed by atoms with Crippen molar-refractivity contribution >= 4 is 9.84 Å². The lowest BCUT2D eigenvalue weighted by molar-refractivity contribution is 0.348. The molecule has 0 aromatic heterocycles. The fourth-order valence-electron chi connectivity index (χ4n) is 2.57. The maximum absolute atomic E-state index is 12.3. The first-order valence-corrected chi connectivity index (χ1v) is 8.17. The van der Waals surface area contributed by atoms with E-state index in [4.69, 9.17) is 5.73 Å². The Labute approximate surface area is 109 Å². The summed E-state index contributed by atoms with van der Waals surface area (Å²) in [4.78, 5) is 0.456. The SMILES string of the molecule is Cc1cccc(S(=O)(=O)C[C@H]2CC[C@@H](N)CC2)c1. The first-order chi connectivity index (χ1) is 8.47. The van der Waals surface area contributed by atoms with Gasteiger partial charge >= 0.3 is 0 Å². The molecule has 0 aliphatic heterocycles.